The van der Waals surface area contributed by atoms with Gasteiger partial charge in [0.15, 0.2) is 0 Å². The molecule has 6 nitrogen and oxygen atoms in total. The van der Waals surface area contributed by atoms with Crippen LogP contribution in [0.1, 0.15) is 28.8 Å². The SMILES string of the molecule is COC(=O)c1c(-c2ccc(C)cc2)csc1NC(=O)C1CC=CCC1C(=O)[O-]. The van der Waals surface area contributed by atoms with Crippen molar-refractivity contribution in [2.45, 2.75) is 19.8 Å². The topological polar surface area (TPSA) is 95.5 Å². The minimum Gasteiger partial charge on any atom is -0.550 e. The second-order valence-electron chi connectivity index (χ2n) is 6.68. The van der Waals surface area contributed by atoms with Crippen LogP contribution in [0.3, 0.4) is 0 Å². The fraction of sp³-hybridized carbons (Fsp3) is 0.286. The Morgan fingerprint density at radius 1 is 1.11 bits per heavy atom. The molecule has 7 heteroatoms. The van der Waals surface area contributed by atoms with Crippen LogP contribution in [0.4, 0.5) is 5.00 Å². The minimum atomic E-state index is -1.25. The van der Waals surface area contributed by atoms with E-state index in [0.29, 0.717) is 17.0 Å². The Morgan fingerprint density at radius 3 is 2.36 bits per heavy atom. The molecule has 1 heterocycles. The van der Waals surface area contributed by atoms with Gasteiger partial charge >= 0.3 is 5.97 Å². The number of aliphatic carboxylic acids is 1. The van der Waals surface area contributed by atoms with Crippen molar-refractivity contribution in [1.29, 1.82) is 0 Å². The summed E-state index contributed by atoms with van der Waals surface area (Å²) >= 11 is 1.21. The van der Waals surface area contributed by atoms with E-state index < -0.39 is 29.7 Å². The standard InChI is InChI=1S/C21H21NO5S/c1-12-7-9-13(10-8-12)16-11-28-19(17(16)21(26)27-2)22-18(23)14-5-3-4-6-15(14)20(24)25/h3-4,7-11,14-15H,5-6H2,1-2H3,(H,22,23)(H,24,25)/p-1. The smallest absolute Gasteiger partial charge is 0.341 e. The molecule has 1 N–H and O–H groups in total. The molecule has 0 saturated heterocycles. The van der Waals surface area contributed by atoms with E-state index in [9.17, 15) is 19.5 Å². The molecule has 2 atom stereocenters. The highest BCUT2D eigenvalue weighted by Gasteiger charge is 2.31. The van der Waals surface area contributed by atoms with Crippen LogP contribution in [0.15, 0.2) is 41.8 Å². The third-order valence-corrected chi connectivity index (χ3v) is 5.75. The van der Waals surface area contributed by atoms with Crippen molar-refractivity contribution in [1.82, 2.24) is 0 Å². The molecule has 1 aromatic heterocycles. The summed E-state index contributed by atoms with van der Waals surface area (Å²) in [6.45, 7) is 1.97. The van der Waals surface area contributed by atoms with Crippen molar-refractivity contribution in [2.24, 2.45) is 11.8 Å². The van der Waals surface area contributed by atoms with Crippen LogP contribution in [-0.2, 0) is 14.3 Å². The van der Waals surface area contributed by atoms with Crippen LogP contribution in [0.5, 0.6) is 0 Å². The first-order valence-corrected chi connectivity index (χ1v) is 9.74. The molecular weight excluding hydrogens is 378 g/mol. The number of rotatable bonds is 5. The number of nitrogens with one attached hydrogen (secondary N) is 1. The van der Waals surface area contributed by atoms with Gasteiger partial charge in [0, 0.05) is 22.8 Å². The predicted molar refractivity (Wildman–Crippen MR) is 105 cm³/mol. The van der Waals surface area contributed by atoms with Gasteiger partial charge in [0.05, 0.1) is 13.0 Å². The maximum absolute atomic E-state index is 12.8. The highest BCUT2D eigenvalue weighted by Crippen LogP contribution is 2.37. The van der Waals surface area contributed by atoms with Crippen LogP contribution >= 0.6 is 11.3 Å². The van der Waals surface area contributed by atoms with E-state index in [1.165, 1.54) is 18.4 Å². The number of carboxylic acids is 1. The summed E-state index contributed by atoms with van der Waals surface area (Å²) in [6, 6.07) is 7.66. The third-order valence-electron chi connectivity index (χ3n) is 4.85. The number of esters is 1. The lowest BCUT2D eigenvalue weighted by Crippen LogP contribution is -2.41. The number of aryl methyl sites for hydroxylation is 1. The predicted octanol–water partition coefficient (Wildman–Crippen LogP) is 2.78. The van der Waals surface area contributed by atoms with Gasteiger partial charge in [-0.2, -0.15) is 0 Å². The normalized spacial score (nSPS) is 18.5. The van der Waals surface area contributed by atoms with Crippen LogP contribution < -0.4 is 10.4 Å². The van der Waals surface area contributed by atoms with Crippen LogP contribution in [0.2, 0.25) is 0 Å². The molecule has 3 rings (SSSR count). The van der Waals surface area contributed by atoms with Crippen molar-refractivity contribution >= 4 is 34.2 Å². The molecule has 2 aromatic rings. The molecule has 2 unspecified atom stereocenters. The van der Waals surface area contributed by atoms with Gasteiger partial charge < -0.3 is 20.0 Å². The number of anilines is 1. The van der Waals surface area contributed by atoms with Gasteiger partial charge in [-0.25, -0.2) is 4.79 Å². The largest absolute Gasteiger partial charge is 0.550 e. The molecule has 28 heavy (non-hydrogen) atoms. The average molecular weight is 398 g/mol. The third kappa shape index (κ3) is 3.99. The number of amides is 1. The number of benzene rings is 1. The fourth-order valence-corrected chi connectivity index (χ4v) is 4.23. The van der Waals surface area contributed by atoms with Crippen LogP contribution in [-0.4, -0.2) is 25.0 Å². The van der Waals surface area contributed by atoms with Crippen molar-refractivity contribution in [3.63, 3.8) is 0 Å². The van der Waals surface area contributed by atoms with Crippen molar-refractivity contribution in [3.8, 4) is 11.1 Å². The molecule has 146 valence electrons. The molecule has 0 radical (unpaired) electrons. The molecule has 1 aromatic carbocycles. The first-order valence-electron chi connectivity index (χ1n) is 8.86. The summed E-state index contributed by atoms with van der Waals surface area (Å²) in [7, 11) is 1.28. The van der Waals surface area contributed by atoms with Gasteiger partial charge in [-0.05, 0) is 25.3 Å². The first kappa shape index (κ1) is 19.8. The first-order chi connectivity index (χ1) is 13.4. The van der Waals surface area contributed by atoms with Gasteiger partial charge in [-0.15, -0.1) is 11.3 Å². The average Bonchev–Trinajstić information content (AvgIpc) is 3.11. The molecular formula is C21H20NO5S-. The van der Waals surface area contributed by atoms with Gasteiger partial charge in [0.2, 0.25) is 5.91 Å². The number of carbonyl (C=O) groups is 3. The van der Waals surface area contributed by atoms with E-state index in [4.69, 9.17) is 4.74 Å². The zero-order chi connectivity index (χ0) is 20.3. The van der Waals surface area contributed by atoms with Gasteiger partial charge in [0.25, 0.3) is 0 Å². The summed E-state index contributed by atoms with van der Waals surface area (Å²) in [5.74, 6) is -3.88. The number of methoxy groups -OCH3 is 1. The molecule has 1 aliphatic carbocycles. The van der Waals surface area contributed by atoms with E-state index in [1.807, 2.05) is 31.2 Å². The second-order valence-corrected chi connectivity index (χ2v) is 7.55. The zero-order valence-corrected chi connectivity index (χ0v) is 16.4. The van der Waals surface area contributed by atoms with E-state index in [0.717, 1.165) is 11.1 Å². The monoisotopic (exact) mass is 398 g/mol. The molecule has 1 aliphatic rings. The lowest BCUT2D eigenvalue weighted by molar-refractivity contribution is -0.313. The van der Waals surface area contributed by atoms with Gasteiger partial charge in [-0.1, -0.05) is 42.0 Å². The Balaban J connectivity index is 1.92. The quantitative estimate of drug-likeness (QED) is 0.617. The molecule has 0 bridgehead atoms. The number of ether oxygens (including phenoxy) is 1. The van der Waals surface area contributed by atoms with E-state index in [-0.39, 0.29) is 12.0 Å². The van der Waals surface area contributed by atoms with Crippen molar-refractivity contribution in [3.05, 3.63) is 52.9 Å². The van der Waals surface area contributed by atoms with E-state index in [2.05, 4.69) is 5.32 Å². The molecule has 0 fully saturated rings. The number of hydrogen-bond donors (Lipinski definition) is 1. The second kappa shape index (κ2) is 8.39. The summed E-state index contributed by atoms with van der Waals surface area (Å²) in [5.41, 5.74) is 2.84. The van der Waals surface area contributed by atoms with E-state index >= 15 is 0 Å². The van der Waals surface area contributed by atoms with Crippen molar-refractivity contribution < 1.29 is 24.2 Å². The minimum absolute atomic E-state index is 0.253. The summed E-state index contributed by atoms with van der Waals surface area (Å²) < 4.78 is 4.91. The Hall–Kier alpha value is -2.93. The Morgan fingerprint density at radius 2 is 1.75 bits per heavy atom. The zero-order valence-electron chi connectivity index (χ0n) is 15.6. The molecule has 0 aliphatic heterocycles. The molecule has 0 saturated carbocycles. The lowest BCUT2D eigenvalue weighted by Gasteiger charge is -2.28. The Labute approximate surface area is 166 Å². The summed E-state index contributed by atoms with van der Waals surface area (Å²) in [4.78, 5) is 36.5. The van der Waals surface area contributed by atoms with E-state index in [1.54, 1.807) is 17.5 Å². The number of thiophene rings is 1. The maximum atomic E-state index is 12.8. The van der Waals surface area contributed by atoms with Gasteiger partial charge in [0.1, 0.15) is 10.6 Å². The Kier molecular flexibility index (Phi) is 5.94. The summed E-state index contributed by atoms with van der Waals surface area (Å²) in [6.07, 6.45) is 4.10. The van der Waals surface area contributed by atoms with Crippen molar-refractivity contribution in [2.75, 3.05) is 12.4 Å². The lowest BCUT2D eigenvalue weighted by atomic mass is 9.82. The van der Waals surface area contributed by atoms with Crippen LogP contribution in [0, 0.1) is 18.8 Å². The maximum Gasteiger partial charge on any atom is 0.341 e. The number of carboxylic acid groups (broad SMARTS) is 1. The highest BCUT2D eigenvalue weighted by atomic mass is 32.1. The number of allylic oxidation sites excluding steroid dienone is 2. The number of carbonyl (C=O) groups excluding carboxylic acids is 3. The summed E-state index contributed by atoms with van der Waals surface area (Å²) in [5, 5.41) is 16.2. The van der Waals surface area contributed by atoms with Crippen LogP contribution in [0.25, 0.3) is 11.1 Å². The van der Waals surface area contributed by atoms with Gasteiger partial charge in [-0.3, -0.25) is 4.79 Å². The Bertz CT molecular complexity index is 929. The molecule has 1 amide bonds. The highest BCUT2D eigenvalue weighted by molar-refractivity contribution is 7.15. The molecule has 0 spiro atoms. The number of hydrogen-bond acceptors (Lipinski definition) is 6. The fourth-order valence-electron chi connectivity index (χ4n) is 3.27.